The number of rotatable bonds is 13. The van der Waals surface area contributed by atoms with Gasteiger partial charge in [0.1, 0.15) is 0 Å². The van der Waals surface area contributed by atoms with Gasteiger partial charge in [-0.1, -0.05) is 20.8 Å². The number of amides is 1. The summed E-state index contributed by atoms with van der Waals surface area (Å²) in [5.74, 6) is -2.20. The van der Waals surface area contributed by atoms with Gasteiger partial charge in [-0.3, -0.25) is 13.8 Å². The van der Waals surface area contributed by atoms with Crippen LogP contribution in [0.4, 0.5) is 0 Å². The van der Waals surface area contributed by atoms with E-state index in [1.54, 1.807) is 20.8 Å². The van der Waals surface area contributed by atoms with Crippen LogP contribution in [0.15, 0.2) is 0 Å². The zero-order valence-electron chi connectivity index (χ0n) is 19.5. The minimum atomic E-state index is -3.92. The van der Waals surface area contributed by atoms with E-state index in [-0.39, 0.29) is 31.0 Å². The fraction of sp³-hybridized carbons (Fsp3) is 0.850. The molecule has 0 saturated heterocycles. The van der Waals surface area contributed by atoms with E-state index < -0.39 is 51.9 Å². The predicted octanol–water partition coefficient (Wildman–Crippen LogP) is 1.50. The second kappa shape index (κ2) is 12.4. The lowest BCUT2D eigenvalue weighted by Crippen LogP contribution is -2.43. The second-order valence-electron chi connectivity index (χ2n) is 9.06. The maximum Gasteiger partial charge on any atom is 0.338 e. The third-order valence-corrected chi connectivity index (χ3v) is 5.41. The Morgan fingerprint density at radius 3 is 2.13 bits per heavy atom. The van der Waals surface area contributed by atoms with Gasteiger partial charge in [-0.05, 0) is 33.6 Å². The first-order valence-corrected chi connectivity index (χ1v) is 11.8. The SMILES string of the molecule is CCCC(OC(=O)[C@H](O)C(C)(C)COS(=O)(=O)CCCNC(C)=O)OC(=O)C(C)(C)C. The maximum absolute atomic E-state index is 12.4. The van der Waals surface area contributed by atoms with Gasteiger partial charge in [-0.25, -0.2) is 4.79 Å². The van der Waals surface area contributed by atoms with Crippen LogP contribution < -0.4 is 5.32 Å². The number of hydrogen-bond donors (Lipinski definition) is 2. The van der Waals surface area contributed by atoms with Gasteiger partial charge in [0, 0.05) is 25.3 Å². The lowest BCUT2D eigenvalue weighted by molar-refractivity contribution is -0.203. The van der Waals surface area contributed by atoms with Crippen molar-refractivity contribution in [1.82, 2.24) is 5.32 Å². The molecular weight excluding hydrogens is 430 g/mol. The van der Waals surface area contributed by atoms with Gasteiger partial charge in [-0.15, -0.1) is 0 Å². The van der Waals surface area contributed by atoms with Gasteiger partial charge in [0.2, 0.25) is 12.2 Å². The fourth-order valence-electron chi connectivity index (χ4n) is 2.08. The minimum Gasteiger partial charge on any atom is -0.425 e. The molecule has 182 valence electrons. The summed E-state index contributed by atoms with van der Waals surface area (Å²) < 4.78 is 39.3. The average molecular weight is 468 g/mol. The molecular formula is C20H37NO9S. The van der Waals surface area contributed by atoms with E-state index in [1.807, 2.05) is 6.92 Å². The molecule has 0 aliphatic rings. The van der Waals surface area contributed by atoms with Crippen molar-refractivity contribution >= 4 is 28.0 Å². The van der Waals surface area contributed by atoms with Crippen molar-refractivity contribution in [1.29, 1.82) is 0 Å². The quantitative estimate of drug-likeness (QED) is 0.178. The van der Waals surface area contributed by atoms with Crippen molar-refractivity contribution in [2.75, 3.05) is 18.9 Å². The topological polar surface area (TPSA) is 145 Å². The van der Waals surface area contributed by atoms with E-state index in [1.165, 1.54) is 20.8 Å². The molecule has 10 nitrogen and oxygen atoms in total. The van der Waals surface area contributed by atoms with Gasteiger partial charge in [-0.2, -0.15) is 8.42 Å². The van der Waals surface area contributed by atoms with Crippen molar-refractivity contribution in [2.24, 2.45) is 10.8 Å². The highest BCUT2D eigenvalue weighted by atomic mass is 32.2. The van der Waals surface area contributed by atoms with Gasteiger partial charge in [0.15, 0.2) is 6.10 Å². The lowest BCUT2D eigenvalue weighted by atomic mass is 9.87. The smallest absolute Gasteiger partial charge is 0.338 e. The van der Waals surface area contributed by atoms with Crippen LogP contribution in [0.3, 0.4) is 0 Å². The van der Waals surface area contributed by atoms with Crippen LogP contribution >= 0.6 is 0 Å². The Balaban J connectivity index is 4.87. The first-order valence-electron chi connectivity index (χ1n) is 10.2. The Morgan fingerprint density at radius 1 is 1.06 bits per heavy atom. The molecule has 2 atom stereocenters. The van der Waals surface area contributed by atoms with Crippen molar-refractivity contribution in [2.45, 2.75) is 80.1 Å². The van der Waals surface area contributed by atoms with Crippen molar-refractivity contribution in [3.8, 4) is 0 Å². The molecule has 0 rings (SSSR count). The first-order chi connectivity index (χ1) is 14.0. The van der Waals surface area contributed by atoms with Crippen LogP contribution in [-0.2, 0) is 38.2 Å². The van der Waals surface area contributed by atoms with Crippen molar-refractivity contribution < 1.29 is 41.6 Å². The Bertz CT molecular complexity index is 711. The predicted molar refractivity (Wildman–Crippen MR) is 113 cm³/mol. The molecule has 0 aliphatic carbocycles. The Labute approximate surface area is 185 Å². The molecule has 0 saturated carbocycles. The fourth-order valence-corrected chi connectivity index (χ4v) is 3.18. The van der Waals surface area contributed by atoms with Crippen molar-refractivity contribution in [3.05, 3.63) is 0 Å². The molecule has 0 radical (unpaired) electrons. The minimum absolute atomic E-state index is 0.158. The van der Waals surface area contributed by atoms with Gasteiger partial charge in [0.05, 0.1) is 17.8 Å². The summed E-state index contributed by atoms with van der Waals surface area (Å²) in [6.07, 6.45) is -1.90. The monoisotopic (exact) mass is 467 g/mol. The van der Waals surface area contributed by atoms with E-state index in [4.69, 9.17) is 13.7 Å². The molecule has 0 spiro atoms. The zero-order valence-corrected chi connectivity index (χ0v) is 20.3. The van der Waals surface area contributed by atoms with Crippen LogP contribution in [0.1, 0.15) is 67.7 Å². The molecule has 0 aromatic heterocycles. The van der Waals surface area contributed by atoms with Crippen LogP contribution in [0.25, 0.3) is 0 Å². The van der Waals surface area contributed by atoms with Gasteiger partial charge >= 0.3 is 11.9 Å². The summed E-state index contributed by atoms with van der Waals surface area (Å²) in [4.78, 5) is 35.3. The van der Waals surface area contributed by atoms with Gasteiger partial charge in [0.25, 0.3) is 10.1 Å². The molecule has 31 heavy (non-hydrogen) atoms. The number of nitrogens with one attached hydrogen (secondary N) is 1. The molecule has 0 fully saturated rings. The van der Waals surface area contributed by atoms with E-state index in [9.17, 15) is 27.9 Å². The van der Waals surface area contributed by atoms with E-state index >= 15 is 0 Å². The summed E-state index contributed by atoms with van der Waals surface area (Å²) >= 11 is 0. The van der Waals surface area contributed by atoms with E-state index in [0.717, 1.165) is 0 Å². The number of aliphatic hydroxyl groups is 1. The second-order valence-corrected chi connectivity index (χ2v) is 10.8. The highest BCUT2D eigenvalue weighted by molar-refractivity contribution is 7.86. The highest BCUT2D eigenvalue weighted by Gasteiger charge is 2.38. The number of carbonyl (C=O) groups is 3. The van der Waals surface area contributed by atoms with Crippen LogP contribution in [-0.4, -0.2) is 62.7 Å². The summed E-state index contributed by atoms with van der Waals surface area (Å²) in [5.41, 5.74) is -2.09. The van der Waals surface area contributed by atoms with Crippen LogP contribution in [0, 0.1) is 10.8 Å². The summed E-state index contributed by atoms with van der Waals surface area (Å²) in [6.45, 7) is 10.7. The standard InChI is InChI=1S/C20H37NO9S/c1-8-10-15(30-18(25)19(3,4)5)29-17(24)16(23)20(6,7)13-28-31(26,27)12-9-11-21-14(2)22/h15-16,23H,8-13H2,1-7H3,(H,21,22)/t15?,16-/m0/s1. The molecule has 0 aliphatic heterocycles. The third-order valence-electron chi connectivity index (χ3n) is 4.14. The molecule has 0 bridgehead atoms. The molecule has 1 amide bonds. The Kier molecular flexibility index (Phi) is 11.7. The maximum atomic E-state index is 12.4. The summed E-state index contributed by atoms with van der Waals surface area (Å²) in [5, 5.41) is 12.9. The largest absolute Gasteiger partial charge is 0.425 e. The van der Waals surface area contributed by atoms with E-state index in [2.05, 4.69) is 5.32 Å². The van der Waals surface area contributed by atoms with E-state index in [0.29, 0.717) is 6.42 Å². The molecule has 11 heteroatoms. The number of hydrogen-bond acceptors (Lipinski definition) is 9. The Morgan fingerprint density at radius 2 is 1.65 bits per heavy atom. The summed E-state index contributed by atoms with van der Waals surface area (Å²) in [6, 6.07) is 0. The molecule has 0 heterocycles. The summed E-state index contributed by atoms with van der Waals surface area (Å²) in [7, 11) is -3.92. The highest BCUT2D eigenvalue weighted by Crippen LogP contribution is 2.25. The zero-order chi connectivity index (χ0) is 24.5. The van der Waals surface area contributed by atoms with Crippen molar-refractivity contribution in [3.63, 3.8) is 0 Å². The number of aliphatic hydroxyl groups excluding tert-OH is 1. The average Bonchev–Trinajstić information content (AvgIpc) is 2.62. The van der Waals surface area contributed by atoms with Crippen LogP contribution in [0.5, 0.6) is 0 Å². The normalized spacial score (nSPS) is 14.5. The number of esters is 2. The molecule has 1 unspecified atom stereocenters. The lowest BCUT2D eigenvalue weighted by Gasteiger charge is -2.30. The molecule has 0 aromatic carbocycles. The number of ether oxygens (including phenoxy) is 2. The Hall–Kier alpha value is -1.72. The van der Waals surface area contributed by atoms with Gasteiger partial charge < -0.3 is 19.9 Å². The molecule has 0 aromatic rings. The molecule has 2 N–H and O–H groups in total. The first kappa shape index (κ1) is 29.3. The number of carbonyl (C=O) groups excluding carboxylic acids is 3. The van der Waals surface area contributed by atoms with Crippen LogP contribution in [0.2, 0.25) is 0 Å². The third kappa shape index (κ3) is 12.0.